The summed E-state index contributed by atoms with van der Waals surface area (Å²) < 4.78 is 0. The van der Waals surface area contributed by atoms with Crippen molar-refractivity contribution < 1.29 is 0 Å². The standard InChI is InChI=1S/C14H22N2/c1-11-4-6-14(7-5-11)16-9-12(2)8-15-13(3)10-16/h4-7,12-13,15H,8-10H2,1-3H3. The van der Waals surface area contributed by atoms with Crippen LogP contribution in [0, 0.1) is 12.8 Å². The van der Waals surface area contributed by atoms with Crippen LogP contribution in [0.3, 0.4) is 0 Å². The summed E-state index contributed by atoms with van der Waals surface area (Å²) in [6.07, 6.45) is 0. The quantitative estimate of drug-likeness (QED) is 0.779. The molecule has 0 spiro atoms. The van der Waals surface area contributed by atoms with Crippen molar-refractivity contribution in [1.82, 2.24) is 5.32 Å². The van der Waals surface area contributed by atoms with Gasteiger partial charge in [-0.2, -0.15) is 0 Å². The van der Waals surface area contributed by atoms with Gasteiger partial charge in [0.1, 0.15) is 0 Å². The average Bonchev–Trinajstić information content (AvgIpc) is 2.42. The van der Waals surface area contributed by atoms with Crippen molar-refractivity contribution in [2.24, 2.45) is 5.92 Å². The first kappa shape index (κ1) is 11.5. The van der Waals surface area contributed by atoms with E-state index in [1.165, 1.54) is 11.3 Å². The van der Waals surface area contributed by atoms with Gasteiger partial charge < -0.3 is 10.2 Å². The Hall–Kier alpha value is -1.02. The molecule has 0 aliphatic carbocycles. The molecule has 1 N–H and O–H groups in total. The molecule has 2 unspecified atom stereocenters. The van der Waals surface area contributed by atoms with Gasteiger partial charge >= 0.3 is 0 Å². The minimum absolute atomic E-state index is 0.575. The molecule has 0 saturated carbocycles. The summed E-state index contributed by atoms with van der Waals surface area (Å²) in [5.41, 5.74) is 2.69. The van der Waals surface area contributed by atoms with Gasteiger partial charge in [-0.1, -0.05) is 24.6 Å². The van der Waals surface area contributed by atoms with Crippen molar-refractivity contribution in [2.75, 3.05) is 24.5 Å². The topological polar surface area (TPSA) is 15.3 Å². The lowest BCUT2D eigenvalue weighted by molar-refractivity contribution is 0.525. The van der Waals surface area contributed by atoms with E-state index in [0.717, 1.165) is 19.6 Å². The van der Waals surface area contributed by atoms with E-state index in [-0.39, 0.29) is 0 Å². The zero-order valence-corrected chi connectivity index (χ0v) is 10.5. The highest BCUT2D eigenvalue weighted by molar-refractivity contribution is 5.47. The summed E-state index contributed by atoms with van der Waals surface area (Å²) in [4.78, 5) is 2.49. The molecular weight excluding hydrogens is 196 g/mol. The number of rotatable bonds is 1. The fourth-order valence-electron chi connectivity index (χ4n) is 2.28. The SMILES string of the molecule is Cc1ccc(N2CC(C)CNC(C)C2)cc1. The summed E-state index contributed by atoms with van der Waals surface area (Å²) in [6.45, 7) is 10.1. The Morgan fingerprint density at radius 3 is 2.50 bits per heavy atom. The number of aryl methyl sites for hydroxylation is 1. The van der Waals surface area contributed by atoms with Crippen LogP contribution in [0.4, 0.5) is 5.69 Å². The van der Waals surface area contributed by atoms with Gasteiger partial charge in [-0.3, -0.25) is 0 Å². The van der Waals surface area contributed by atoms with E-state index in [1.807, 2.05) is 0 Å². The normalized spacial score (nSPS) is 26.6. The van der Waals surface area contributed by atoms with E-state index in [2.05, 4.69) is 55.3 Å². The van der Waals surface area contributed by atoms with Crippen molar-refractivity contribution in [3.8, 4) is 0 Å². The number of nitrogens with one attached hydrogen (secondary N) is 1. The molecule has 1 fully saturated rings. The van der Waals surface area contributed by atoms with E-state index in [4.69, 9.17) is 0 Å². The van der Waals surface area contributed by atoms with Gasteiger partial charge in [0, 0.05) is 24.8 Å². The van der Waals surface area contributed by atoms with Gasteiger partial charge in [-0.25, -0.2) is 0 Å². The average molecular weight is 218 g/mol. The number of benzene rings is 1. The van der Waals surface area contributed by atoms with E-state index in [1.54, 1.807) is 0 Å². The number of anilines is 1. The van der Waals surface area contributed by atoms with Crippen molar-refractivity contribution in [2.45, 2.75) is 26.8 Å². The summed E-state index contributed by atoms with van der Waals surface area (Å²) >= 11 is 0. The van der Waals surface area contributed by atoms with E-state index < -0.39 is 0 Å². The van der Waals surface area contributed by atoms with Crippen LogP contribution in [-0.4, -0.2) is 25.7 Å². The minimum atomic E-state index is 0.575. The Kier molecular flexibility index (Phi) is 3.49. The van der Waals surface area contributed by atoms with Gasteiger partial charge in [0.2, 0.25) is 0 Å². The van der Waals surface area contributed by atoms with E-state index in [0.29, 0.717) is 12.0 Å². The minimum Gasteiger partial charge on any atom is -0.370 e. The first-order valence-corrected chi connectivity index (χ1v) is 6.20. The van der Waals surface area contributed by atoms with Gasteiger partial charge in [-0.05, 0) is 38.4 Å². The zero-order chi connectivity index (χ0) is 11.5. The third kappa shape index (κ3) is 2.76. The van der Waals surface area contributed by atoms with E-state index in [9.17, 15) is 0 Å². The van der Waals surface area contributed by atoms with Crippen LogP contribution in [-0.2, 0) is 0 Å². The molecule has 0 radical (unpaired) electrons. The lowest BCUT2D eigenvalue weighted by Crippen LogP contribution is -2.35. The van der Waals surface area contributed by atoms with Gasteiger partial charge in [-0.15, -0.1) is 0 Å². The molecule has 1 heterocycles. The van der Waals surface area contributed by atoms with Crippen LogP contribution in [0.1, 0.15) is 19.4 Å². The van der Waals surface area contributed by atoms with Crippen molar-refractivity contribution in [1.29, 1.82) is 0 Å². The Bertz CT molecular complexity index is 319. The fraction of sp³-hybridized carbons (Fsp3) is 0.571. The molecule has 2 rings (SSSR count). The molecule has 0 aromatic heterocycles. The summed E-state index contributed by atoms with van der Waals surface area (Å²) in [7, 11) is 0. The molecule has 1 saturated heterocycles. The maximum atomic E-state index is 3.56. The molecular formula is C14H22N2. The highest BCUT2D eigenvalue weighted by Gasteiger charge is 2.18. The Morgan fingerprint density at radius 1 is 1.12 bits per heavy atom. The molecule has 2 heteroatoms. The van der Waals surface area contributed by atoms with Gasteiger partial charge in [0.05, 0.1) is 0 Å². The van der Waals surface area contributed by atoms with Crippen molar-refractivity contribution >= 4 is 5.69 Å². The summed E-state index contributed by atoms with van der Waals surface area (Å²) in [5.74, 6) is 0.714. The second-order valence-corrected chi connectivity index (χ2v) is 5.15. The van der Waals surface area contributed by atoms with Crippen LogP contribution in [0.2, 0.25) is 0 Å². The smallest absolute Gasteiger partial charge is 0.0367 e. The first-order chi connectivity index (χ1) is 7.65. The van der Waals surface area contributed by atoms with Gasteiger partial charge in [0.25, 0.3) is 0 Å². The lowest BCUT2D eigenvalue weighted by atomic mass is 10.1. The second-order valence-electron chi connectivity index (χ2n) is 5.15. The van der Waals surface area contributed by atoms with Crippen LogP contribution < -0.4 is 10.2 Å². The third-order valence-electron chi connectivity index (χ3n) is 3.24. The molecule has 0 bridgehead atoms. The monoisotopic (exact) mass is 218 g/mol. The van der Waals surface area contributed by atoms with Crippen LogP contribution in [0.5, 0.6) is 0 Å². The number of hydrogen-bond donors (Lipinski definition) is 1. The van der Waals surface area contributed by atoms with E-state index >= 15 is 0 Å². The Balaban J connectivity index is 2.14. The molecule has 1 aliphatic heterocycles. The largest absolute Gasteiger partial charge is 0.370 e. The molecule has 1 aliphatic rings. The predicted octanol–water partition coefficient (Wildman–Crippen LogP) is 2.43. The van der Waals surface area contributed by atoms with Crippen LogP contribution in [0.25, 0.3) is 0 Å². The third-order valence-corrected chi connectivity index (χ3v) is 3.24. The molecule has 2 nitrogen and oxygen atoms in total. The molecule has 88 valence electrons. The second kappa shape index (κ2) is 4.88. The van der Waals surface area contributed by atoms with Crippen LogP contribution >= 0.6 is 0 Å². The Morgan fingerprint density at radius 2 is 1.81 bits per heavy atom. The molecule has 1 aromatic carbocycles. The van der Waals surface area contributed by atoms with Crippen LogP contribution in [0.15, 0.2) is 24.3 Å². The molecule has 2 atom stereocenters. The number of hydrogen-bond acceptors (Lipinski definition) is 2. The maximum Gasteiger partial charge on any atom is 0.0367 e. The number of nitrogens with zero attached hydrogens (tertiary/aromatic N) is 1. The zero-order valence-electron chi connectivity index (χ0n) is 10.5. The van der Waals surface area contributed by atoms with Gasteiger partial charge in [0.15, 0.2) is 0 Å². The molecule has 0 amide bonds. The van der Waals surface area contributed by atoms with Crippen molar-refractivity contribution in [3.63, 3.8) is 0 Å². The molecule has 1 aromatic rings. The Labute approximate surface area is 98.7 Å². The molecule has 16 heavy (non-hydrogen) atoms. The highest BCUT2D eigenvalue weighted by atomic mass is 15.2. The first-order valence-electron chi connectivity index (χ1n) is 6.20. The summed E-state index contributed by atoms with van der Waals surface area (Å²) in [5, 5.41) is 3.56. The predicted molar refractivity (Wildman–Crippen MR) is 70.0 cm³/mol. The fourth-order valence-corrected chi connectivity index (χ4v) is 2.28. The lowest BCUT2D eigenvalue weighted by Gasteiger charge is -2.26. The maximum absolute atomic E-state index is 3.56. The van der Waals surface area contributed by atoms with Crippen molar-refractivity contribution in [3.05, 3.63) is 29.8 Å². The highest BCUT2D eigenvalue weighted by Crippen LogP contribution is 2.18. The summed E-state index contributed by atoms with van der Waals surface area (Å²) in [6, 6.07) is 9.44.